The van der Waals surface area contributed by atoms with E-state index in [-0.39, 0.29) is 87.2 Å². The van der Waals surface area contributed by atoms with Gasteiger partial charge in [-0.2, -0.15) is 6.07 Å². The Hall–Kier alpha value is -0.0136. The van der Waals surface area contributed by atoms with Crippen molar-refractivity contribution in [3.05, 3.63) is 25.5 Å². The average Bonchev–Trinajstić information content (AvgIpc) is 2.68. The molecule has 0 saturated carbocycles. The standard InChI is InChI=1S/C11H15N2O3.CH3.U.V/c1-7(9(3)14)8(2)13-11(15)6-10-4-5-12-16-10;;;/h4,7-8H,6H2,1-3H3,(H,13,15);1H3;;/q2*-1;;. The van der Waals surface area contributed by atoms with E-state index in [0.29, 0.717) is 5.76 Å². The molecule has 0 aliphatic carbocycles. The van der Waals surface area contributed by atoms with E-state index in [2.05, 4.69) is 16.7 Å². The summed E-state index contributed by atoms with van der Waals surface area (Å²) in [5, 5.41) is 6.12. The van der Waals surface area contributed by atoms with E-state index in [4.69, 9.17) is 4.52 Å². The average molecular weight is 527 g/mol. The maximum absolute atomic E-state index is 11.5. The molecule has 1 amide bonds. The maximum Gasteiger partial charge on any atom is 0.210 e. The Morgan fingerprint density at radius 1 is 1.47 bits per heavy atom. The summed E-state index contributed by atoms with van der Waals surface area (Å²) >= 11 is 0. The summed E-state index contributed by atoms with van der Waals surface area (Å²) in [6.07, 6.45) is 2.60. The summed E-state index contributed by atoms with van der Waals surface area (Å²) in [7, 11) is 0. The molecule has 1 rings (SSSR count). The molecule has 1 aromatic heterocycles. The Morgan fingerprint density at radius 2 is 2.05 bits per heavy atom. The molecule has 0 fully saturated rings. The number of nitrogens with zero attached hydrogens (tertiary/aromatic N) is 1. The van der Waals surface area contributed by atoms with Crippen molar-refractivity contribution in [1.29, 1.82) is 0 Å². The van der Waals surface area contributed by atoms with Crippen molar-refractivity contribution in [1.82, 2.24) is 10.5 Å². The van der Waals surface area contributed by atoms with Gasteiger partial charge in [0.15, 0.2) is 0 Å². The quantitative estimate of drug-likeness (QED) is 0.585. The summed E-state index contributed by atoms with van der Waals surface area (Å²) in [5.41, 5.74) is 0. The number of ketones is 1. The van der Waals surface area contributed by atoms with E-state index >= 15 is 0 Å². The van der Waals surface area contributed by atoms with Crippen LogP contribution in [-0.2, 0) is 34.6 Å². The molecule has 0 spiro atoms. The van der Waals surface area contributed by atoms with E-state index < -0.39 is 0 Å². The van der Waals surface area contributed by atoms with E-state index in [1.165, 1.54) is 13.0 Å². The van der Waals surface area contributed by atoms with Crippen LogP contribution in [0.2, 0.25) is 0 Å². The Labute approximate surface area is 149 Å². The number of rotatable bonds is 5. The molecule has 1 aromatic rings. The third kappa shape index (κ3) is 8.70. The molecular formula is C12H18N2O3UV-2. The molecule has 5 nitrogen and oxygen atoms in total. The molecule has 7 heteroatoms. The van der Waals surface area contributed by atoms with Crippen LogP contribution in [0.4, 0.5) is 0 Å². The molecule has 105 valence electrons. The van der Waals surface area contributed by atoms with E-state index in [1.54, 1.807) is 13.8 Å². The zero-order valence-corrected chi connectivity index (χ0v) is 17.1. The SMILES string of the molecule is CC(=O)C(C)C(C)NC(=O)Cc1c[c-]no1.[CH3-].[U].[V]. The molecule has 0 saturated heterocycles. The van der Waals surface area contributed by atoms with E-state index in [9.17, 15) is 9.59 Å². The largest absolute Gasteiger partial charge is 0.470 e. The fraction of sp³-hybridized carbons (Fsp3) is 0.500. The summed E-state index contributed by atoms with van der Waals surface area (Å²) in [4.78, 5) is 22.6. The molecule has 2 unspecified atom stereocenters. The predicted octanol–water partition coefficient (Wildman–Crippen LogP) is 1.19. The Kier molecular flexibility index (Phi) is 14.9. The van der Waals surface area contributed by atoms with Gasteiger partial charge in [-0.05, 0) is 19.6 Å². The Bertz CT molecular complexity index is 371. The first-order chi connectivity index (χ1) is 7.50. The monoisotopic (exact) mass is 527 g/mol. The van der Waals surface area contributed by atoms with Crippen molar-refractivity contribution >= 4 is 11.7 Å². The zero-order valence-electron chi connectivity index (χ0n) is 11.6. The van der Waals surface area contributed by atoms with Gasteiger partial charge in [-0.15, -0.1) is 6.20 Å². The molecule has 2 atom stereocenters. The maximum atomic E-state index is 11.5. The second-order valence-electron chi connectivity index (χ2n) is 3.85. The summed E-state index contributed by atoms with van der Waals surface area (Å²) < 4.78 is 4.76. The van der Waals surface area contributed by atoms with Crippen molar-refractivity contribution < 1.29 is 63.8 Å². The first-order valence-electron chi connectivity index (χ1n) is 5.12. The number of carbonyl (C=O) groups is 2. The van der Waals surface area contributed by atoms with Gasteiger partial charge in [-0.3, -0.25) is 9.59 Å². The normalized spacial score (nSPS) is 11.9. The smallest absolute Gasteiger partial charge is 0.210 e. The van der Waals surface area contributed by atoms with Gasteiger partial charge in [-0.25, -0.2) is 5.16 Å². The third-order valence-corrected chi connectivity index (χ3v) is 2.56. The molecule has 1 heterocycles. The molecule has 0 aliphatic heterocycles. The first-order valence-corrected chi connectivity index (χ1v) is 5.12. The molecule has 0 bridgehead atoms. The van der Waals surface area contributed by atoms with Gasteiger partial charge in [0.1, 0.15) is 5.78 Å². The molecule has 0 aliphatic rings. The number of hydrogen-bond donors (Lipinski definition) is 1. The van der Waals surface area contributed by atoms with Gasteiger partial charge >= 0.3 is 0 Å². The van der Waals surface area contributed by atoms with Crippen molar-refractivity contribution in [3.8, 4) is 0 Å². The van der Waals surface area contributed by atoms with Crippen LogP contribution in [0.3, 0.4) is 0 Å². The van der Waals surface area contributed by atoms with Crippen LogP contribution in [0.1, 0.15) is 26.5 Å². The van der Waals surface area contributed by atoms with Crippen LogP contribution in [0.15, 0.2) is 10.6 Å². The Morgan fingerprint density at radius 3 is 2.47 bits per heavy atom. The minimum Gasteiger partial charge on any atom is -0.470 e. The van der Waals surface area contributed by atoms with Gasteiger partial charge in [0.25, 0.3) is 0 Å². The van der Waals surface area contributed by atoms with Crippen LogP contribution < -0.4 is 5.32 Å². The minimum absolute atomic E-state index is 0. The summed E-state index contributed by atoms with van der Waals surface area (Å²) in [6, 6.07) is 1.33. The number of Topliss-reactive ketones (excluding diaryl/α,β-unsaturated/α-hetero) is 1. The fourth-order valence-electron chi connectivity index (χ4n) is 1.23. The topological polar surface area (TPSA) is 72.2 Å². The number of carbonyl (C=O) groups excluding carboxylic acids is 2. The number of hydrogen-bond acceptors (Lipinski definition) is 4. The third-order valence-electron chi connectivity index (χ3n) is 2.56. The van der Waals surface area contributed by atoms with Crippen LogP contribution in [0.5, 0.6) is 0 Å². The molecular weight excluding hydrogens is 509 g/mol. The molecule has 0 aromatic carbocycles. The molecule has 1 N–H and O–H groups in total. The van der Waals surface area contributed by atoms with Gasteiger partial charge in [0.2, 0.25) is 5.91 Å². The van der Waals surface area contributed by atoms with Gasteiger partial charge in [0.05, 0.1) is 0 Å². The predicted molar refractivity (Wildman–Crippen MR) is 62.9 cm³/mol. The van der Waals surface area contributed by atoms with Crippen molar-refractivity contribution in [2.24, 2.45) is 5.92 Å². The zero-order chi connectivity index (χ0) is 12.1. The van der Waals surface area contributed by atoms with Crippen LogP contribution in [0.25, 0.3) is 0 Å². The van der Waals surface area contributed by atoms with Gasteiger partial charge in [0, 0.05) is 68.0 Å². The van der Waals surface area contributed by atoms with Crippen LogP contribution in [-0.4, -0.2) is 22.9 Å². The molecule has 1 radical (unpaired) electrons. The van der Waals surface area contributed by atoms with E-state index in [1.807, 2.05) is 0 Å². The van der Waals surface area contributed by atoms with Gasteiger partial charge < -0.3 is 17.3 Å². The second-order valence-corrected chi connectivity index (χ2v) is 3.85. The number of nitrogens with one attached hydrogen (secondary N) is 1. The number of aromatic nitrogens is 1. The van der Waals surface area contributed by atoms with Crippen molar-refractivity contribution in [3.63, 3.8) is 0 Å². The fourth-order valence-corrected chi connectivity index (χ4v) is 1.23. The Balaban J connectivity index is -0.000000853. The van der Waals surface area contributed by atoms with Crippen molar-refractivity contribution in [2.75, 3.05) is 0 Å². The summed E-state index contributed by atoms with van der Waals surface area (Å²) in [5.74, 6) is 0.136. The first kappa shape index (κ1) is 24.0. The summed E-state index contributed by atoms with van der Waals surface area (Å²) in [6.45, 7) is 5.10. The van der Waals surface area contributed by atoms with Crippen LogP contribution in [0, 0.1) is 50.7 Å². The van der Waals surface area contributed by atoms with Crippen molar-refractivity contribution in [2.45, 2.75) is 33.2 Å². The molecule has 19 heavy (non-hydrogen) atoms. The van der Waals surface area contributed by atoms with E-state index in [0.717, 1.165) is 0 Å². The van der Waals surface area contributed by atoms with Crippen LogP contribution >= 0.6 is 0 Å². The number of amides is 1. The second kappa shape index (κ2) is 11.8. The minimum atomic E-state index is -0.190. The van der Waals surface area contributed by atoms with Gasteiger partial charge in [-0.1, -0.05) is 6.92 Å².